The standard InChI is InChI=1S/C33H40N4O6/c1-32(2,3)37(31(40)41)19-14-22(15-20-37)28(29(38)35-42)36-18-16-33(4,30(36)39)24-9-11-25(12-10-24)43-21-23-13-17-34-27-8-6-5-7-26(23)27/h5-13,17,22,28H,14-16,18-21H2,1-4H3,(H2-,35,38,40,41,42). The summed E-state index contributed by atoms with van der Waals surface area (Å²) < 4.78 is 5.85. The molecule has 2 unspecified atom stereocenters. The third kappa shape index (κ3) is 5.45. The molecule has 3 amide bonds. The average Bonchev–Trinajstić information content (AvgIpc) is 3.30. The van der Waals surface area contributed by atoms with Crippen molar-refractivity contribution in [3.63, 3.8) is 0 Å². The van der Waals surface area contributed by atoms with Gasteiger partial charge in [0.05, 0.1) is 29.6 Å². The third-order valence-electron chi connectivity index (χ3n) is 9.77. The Balaban J connectivity index is 1.30. The fourth-order valence-electron chi connectivity index (χ4n) is 6.91. The monoisotopic (exact) mass is 588 g/mol. The van der Waals surface area contributed by atoms with Crippen LogP contribution >= 0.6 is 0 Å². The molecule has 10 heteroatoms. The Hall–Kier alpha value is -4.02. The number of hydrogen-bond acceptors (Lipinski definition) is 7. The van der Waals surface area contributed by atoms with Crippen LogP contribution in [0.4, 0.5) is 4.79 Å². The fourth-order valence-corrected chi connectivity index (χ4v) is 6.91. The van der Waals surface area contributed by atoms with Crippen molar-refractivity contribution in [2.45, 2.75) is 70.6 Å². The van der Waals surface area contributed by atoms with E-state index in [0.717, 1.165) is 22.0 Å². The normalized spacial score (nSPS) is 25.0. The Labute approximate surface area is 251 Å². The van der Waals surface area contributed by atoms with Crippen molar-refractivity contribution in [1.29, 1.82) is 0 Å². The number of pyridine rings is 1. The zero-order valence-corrected chi connectivity index (χ0v) is 25.2. The van der Waals surface area contributed by atoms with Gasteiger partial charge in [-0.05, 0) is 69.9 Å². The van der Waals surface area contributed by atoms with Crippen molar-refractivity contribution in [2.24, 2.45) is 5.92 Å². The smallest absolute Gasteiger partial charge is 0.266 e. The van der Waals surface area contributed by atoms with Crippen LogP contribution in [0.1, 0.15) is 58.1 Å². The summed E-state index contributed by atoms with van der Waals surface area (Å²) in [5.74, 6) is -0.477. The largest absolute Gasteiger partial charge is 0.498 e. The highest BCUT2D eigenvalue weighted by Gasteiger charge is 2.52. The molecule has 0 aliphatic carbocycles. The van der Waals surface area contributed by atoms with Crippen LogP contribution in [0.25, 0.3) is 10.9 Å². The molecule has 2 saturated heterocycles. The van der Waals surface area contributed by atoms with Gasteiger partial charge in [-0.1, -0.05) is 30.3 Å². The molecule has 1 aromatic heterocycles. The zero-order chi connectivity index (χ0) is 31.0. The molecule has 43 heavy (non-hydrogen) atoms. The van der Waals surface area contributed by atoms with Gasteiger partial charge in [-0.2, -0.15) is 0 Å². The third-order valence-corrected chi connectivity index (χ3v) is 9.77. The van der Waals surface area contributed by atoms with Crippen molar-refractivity contribution < 1.29 is 33.9 Å². The number of ether oxygens (including phenoxy) is 1. The number of nitrogens with one attached hydrogen (secondary N) is 1. The van der Waals surface area contributed by atoms with Crippen LogP contribution in [0.5, 0.6) is 5.75 Å². The Bertz CT molecular complexity index is 1500. The zero-order valence-electron chi connectivity index (χ0n) is 25.2. The summed E-state index contributed by atoms with van der Waals surface area (Å²) in [5.41, 5.74) is 3.06. The summed E-state index contributed by atoms with van der Waals surface area (Å²) in [6, 6.07) is 16.4. The first kappa shape index (κ1) is 30.4. The van der Waals surface area contributed by atoms with E-state index in [9.17, 15) is 24.7 Å². The molecule has 2 N–H and O–H groups in total. The molecular weight excluding hydrogens is 548 g/mol. The Kier molecular flexibility index (Phi) is 8.20. The van der Waals surface area contributed by atoms with Gasteiger partial charge in [0, 0.05) is 36.5 Å². The van der Waals surface area contributed by atoms with Crippen LogP contribution in [-0.2, 0) is 21.6 Å². The molecule has 0 radical (unpaired) electrons. The van der Waals surface area contributed by atoms with Crippen molar-refractivity contribution in [3.05, 3.63) is 71.9 Å². The van der Waals surface area contributed by atoms with Crippen LogP contribution in [0, 0.1) is 5.92 Å². The van der Waals surface area contributed by atoms with Gasteiger partial charge in [0.15, 0.2) is 0 Å². The molecule has 0 bridgehead atoms. The van der Waals surface area contributed by atoms with Crippen LogP contribution in [0.3, 0.4) is 0 Å². The van der Waals surface area contributed by atoms with Crippen LogP contribution in [0.15, 0.2) is 60.8 Å². The second-order valence-corrected chi connectivity index (χ2v) is 13.0. The molecular formula is C33H40N4O6. The van der Waals surface area contributed by atoms with Crippen LogP contribution in [0.2, 0.25) is 0 Å². The number of piperidine rings is 1. The number of quaternary nitrogens is 1. The van der Waals surface area contributed by atoms with E-state index in [2.05, 4.69) is 4.98 Å². The highest BCUT2D eigenvalue weighted by molar-refractivity contribution is 5.94. The summed E-state index contributed by atoms with van der Waals surface area (Å²) in [6.07, 6.45) is 1.94. The van der Waals surface area contributed by atoms with Gasteiger partial charge in [-0.25, -0.2) is 5.48 Å². The van der Waals surface area contributed by atoms with Crippen molar-refractivity contribution in [2.75, 3.05) is 19.6 Å². The number of nitrogens with zero attached hydrogens (tertiary/aromatic N) is 3. The number of fused-ring (bicyclic) bond motifs is 1. The SMILES string of the molecule is CC1(c2ccc(OCc3ccnc4ccccc34)cc2)CCN(C(C(=O)NO)C2CC[N+](C(=O)[O-])(C(C)(C)C)CC2)C1=O. The van der Waals surface area contributed by atoms with E-state index in [4.69, 9.17) is 4.74 Å². The molecule has 3 aromatic rings. The predicted octanol–water partition coefficient (Wildman–Crippen LogP) is 3.55. The molecule has 0 saturated carbocycles. The number of amides is 3. The Morgan fingerprint density at radius 1 is 1.14 bits per heavy atom. The van der Waals surface area contributed by atoms with Gasteiger partial charge < -0.3 is 19.5 Å². The summed E-state index contributed by atoms with van der Waals surface area (Å²) in [6.45, 7) is 8.76. The number of likely N-dealkylation sites (tertiary alicyclic amines) is 2. The van der Waals surface area contributed by atoms with Crippen molar-refractivity contribution in [3.8, 4) is 5.75 Å². The number of benzene rings is 2. The molecule has 10 nitrogen and oxygen atoms in total. The molecule has 2 fully saturated rings. The van der Waals surface area contributed by atoms with E-state index < -0.39 is 29.0 Å². The van der Waals surface area contributed by atoms with E-state index >= 15 is 0 Å². The Morgan fingerprint density at radius 2 is 1.81 bits per heavy atom. The molecule has 0 spiro atoms. The number of carboxylic acid groups (broad SMARTS) is 1. The minimum Gasteiger partial charge on any atom is -0.498 e. The molecule has 2 aromatic carbocycles. The van der Waals surface area contributed by atoms with Crippen LogP contribution in [-0.4, -0.2) is 68.7 Å². The number of rotatable bonds is 7. The highest BCUT2D eigenvalue weighted by atomic mass is 16.5. The molecule has 2 aliphatic rings. The highest BCUT2D eigenvalue weighted by Crippen LogP contribution is 2.41. The lowest BCUT2D eigenvalue weighted by Crippen LogP contribution is -2.71. The number of hydroxylamine groups is 1. The van der Waals surface area contributed by atoms with Crippen molar-refractivity contribution >= 4 is 28.8 Å². The number of carbonyl (C=O) groups excluding carboxylic acids is 3. The van der Waals surface area contributed by atoms with Gasteiger partial charge in [0.2, 0.25) is 5.91 Å². The molecule has 5 rings (SSSR count). The summed E-state index contributed by atoms with van der Waals surface area (Å²) in [7, 11) is 0. The summed E-state index contributed by atoms with van der Waals surface area (Å²) in [4.78, 5) is 45.1. The van der Waals surface area contributed by atoms with Gasteiger partial charge in [0.25, 0.3) is 12.0 Å². The summed E-state index contributed by atoms with van der Waals surface area (Å²) >= 11 is 0. The first-order valence-electron chi connectivity index (χ1n) is 14.8. The lowest BCUT2D eigenvalue weighted by molar-refractivity contribution is -0.924. The lowest BCUT2D eigenvalue weighted by Gasteiger charge is -2.52. The van der Waals surface area contributed by atoms with Gasteiger partial charge in [-0.15, -0.1) is 0 Å². The predicted molar refractivity (Wildman–Crippen MR) is 158 cm³/mol. The van der Waals surface area contributed by atoms with Gasteiger partial charge >= 0.3 is 0 Å². The molecule has 2 aliphatic heterocycles. The topological polar surface area (TPSA) is 132 Å². The maximum absolute atomic E-state index is 14.0. The molecule has 228 valence electrons. The molecule has 3 heterocycles. The van der Waals surface area contributed by atoms with Gasteiger partial charge in [-0.3, -0.25) is 24.3 Å². The second kappa shape index (κ2) is 11.6. The quantitative estimate of drug-likeness (QED) is 0.245. The van der Waals surface area contributed by atoms with E-state index in [-0.39, 0.29) is 29.4 Å². The minimum atomic E-state index is -1.14. The number of carbonyl (C=O) groups is 3. The van der Waals surface area contributed by atoms with E-state index in [1.807, 2.05) is 82.3 Å². The van der Waals surface area contributed by atoms with E-state index in [0.29, 0.717) is 38.2 Å². The van der Waals surface area contributed by atoms with Crippen LogP contribution < -0.4 is 15.3 Å². The van der Waals surface area contributed by atoms with E-state index in [1.54, 1.807) is 16.6 Å². The minimum absolute atomic E-state index is 0.194. The molecule has 2 atom stereocenters. The fraction of sp³-hybridized carbons (Fsp3) is 0.455. The Morgan fingerprint density at radius 3 is 2.44 bits per heavy atom. The van der Waals surface area contributed by atoms with E-state index in [1.165, 1.54) is 0 Å². The van der Waals surface area contributed by atoms with Gasteiger partial charge in [0.1, 0.15) is 18.4 Å². The van der Waals surface area contributed by atoms with Crippen molar-refractivity contribution in [1.82, 2.24) is 15.4 Å². The number of para-hydroxylation sites is 1. The number of aromatic nitrogens is 1. The maximum Gasteiger partial charge on any atom is 0.266 e. The first-order chi connectivity index (χ1) is 20.4. The average molecular weight is 589 g/mol. The maximum atomic E-state index is 14.0. The first-order valence-corrected chi connectivity index (χ1v) is 14.8. The summed E-state index contributed by atoms with van der Waals surface area (Å²) in [5, 5.41) is 22.8. The number of hydrogen-bond donors (Lipinski definition) is 2. The lowest BCUT2D eigenvalue weighted by atomic mass is 9.80. The second-order valence-electron chi connectivity index (χ2n) is 13.0.